The Balaban J connectivity index is 1.72. The number of carbonyl (C=O) groups excluding carboxylic acids is 1. The van der Waals surface area contributed by atoms with Crippen LogP contribution in [0.15, 0.2) is 41.3 Å². The average Bonchev–Trinajstić information content (AvgIpc) is 3.33. The van der Waals surface area contributed by atoms with Crippen LogP contribution in [0.5, 0.6) is 11.5 Å². The highest BCUT2D eigenvalue weighted by Gasteiger charge is 2.41. The van der Waals surface area contributed by atoms with Crippen molar-refractivity contribution in [3.8, 4) is 11.5 Å². The van der Waals surface area contributed by atoms with E-state index in [0.717, 1.165) is 17.7 Å². The first-order valence-electron chi connectivity index (χ1n) is 7.34. The minimum absolute atomic E-state index is 0.0513. The lowest BCUT2D eigenvalue weighted by molar-refractivity contribution is 0.0946. The first kappa shape index (κ1) is 15.1. The summed E-state index contributed by atoms with van der Waals surface area (Å²) in [4.78, 5) is 26.2. The summed E-state index contributed by atoms with van der Waals surface area (Å²) in [5.41, 5.74) is 1.10. The molecule has 2 N–H and O–H groups in total. The topological polar surface area (TPSA) is 80.4 Å². The molecule has 0 aliphatic heterocycles. The highest BCUT2D eigenvalue weighted by Crippen LogP contribution is 2.44. The molecule has 23 heavy (non-hydrogen) atoms. The van der Waals surface area contributed by atoms with E-state index in [9.17, 15) is 9.59 Å². The molecule has 0 spiro atoms. The highest BCUT2D eigenvalue weighted by molar-refractivity contribution is 5.97. The van der Waals surface area contributed by atoms with Crippen LogP contribution < -0.4 is 20.3 Å². The van der Waals surface area contributed by atoms with Gasteiger partial charge in [-0.05, 0) is 18.1 Å². The van der Waals surface area contributed by atoms with Crippen molar-refractivity contribution in [2.75, 3.05) is 14.2 Å². The van der Waals surface area contributed by atoms with E-state index in [1.807, 2.05) is 24.3 Å². The summed E-state index contributed by atoms with van der Waals surface area (Å²) in [6.45, 7) is 0. The van der Waals surface area contributed by atoms with Gasteiger partial charge in [0.25, 0.3) is 11.5 Å². The predicted octanol–water partition coefficient (Wildman–Crippen LogP) is 1.68. The van der Waals surface area contributed by atoms with Crippen LogP contribution in [0.25, 0.3) is 0 Å². The normalized spacial score (nSPS) is 19.0. The molecular formula is C17H18N2O4. The Labute approximate surface area is 133 Å². The molecule has 6 nitrogen and oxygen atoms in total. The second kappa shape index (κ2) is 6.16. The lowest BCUT2D eigenvalue weighted by atomic mass is 10.1. The van der Waals surface area contributed by atoms with Crippen LogP contribution in [0.2, 0.25) is 0 Å². The summed E-state index contributed by atoms with van der Waals surface area (Å²) < 4.78 is 10.5. The van der Waals surface area contributed by atoms with Crippen LogP contribution in [-0.4, -0.2) is 31.2 Å². The molecule has 1 fully saturated rings. The van der Waals surface area contributed by atoms with E-state index in [0.29, 0.717) is 5.56 Å². The van der Waals surface area contributed by atoms with Gasteiger partial charge in [0.1, 0.15) is 11.5 Å². The number of aromatic nitrogens is 1. The Morgan fingerprint density at radius 1 is 1.22 bits per heavy atom. The van der Waals surface area contributed by atoms with Crippen molar-refractivity contribution >= 4 is 5.91 Å². The monoisotopic (exact) mass is 314 g/mol. The number of pyridine rings is 1. The number of para-hydroxylation sites is 1. The first-order chi connectivity index (χ1) is 11.1. The number of H-pyrrole nitrogens is 1. The molecule has 6 heteroatoms. The Morgan fingerprint density at radius 3 is 2.70 bits per heavy atom. The average molecular weight is 314 g/mol. The zero-order valence-electron chi connectivity index (χ0n) is 13.0. The van der Waals surface area contributed by atoms with Crippen LogP contribution in [0.3, 0.4) is 0 Å². The SMILES string of the molecule is COc1cc(=O)[nH]cc1C(=O)N[C@@H]1C[C@H]1c1ccccc1OC. The largest absolute Gasteiger partial charge is 0.496 e. The van der Waals surface area contributed by atoms with Gasteiger partial charge in [-0.25, -0.2) is 0 Å². The van der Waals surface area contributed by atoms with E-state index in [-0.39, 0.29) is 29.2 Å². The molecule has 1 heterocycles. The van der Waals surface area contributed by atoms with E-state index in [1.54, 1.807) is 7.11 Å². The van der Waals surface area contributed by atoms with E-state index < -0.39 is 0 Å². The van der Waals surface area contributed by atoms with Gasteiger partial charge in [-0.2, -0.15) is 0 Å². The molecular weight excluding hydrogens is 296 g/mol. The van der Waals surface area contributed by atoms with Crippen LogP contribution in [0.1, 0.15) is 28.3 Å². The number of nitrogens with one attached hydrogen (secondary N) is 2. The molecule has 2 aromatic rings. The van der Waals surface area contributed by atoms with Crippen LogP contribution >= 0.6 is 0 Å². The van der Waals surface area contributed by atoms with Crippen molar-refractivity contribution in [1.82, 2.24) is 10.3 Å². The standard InChI is InChI=1S/C17H18N2O4/c1-22-14-6-4-3-5-10(14)11-7-13(11)19-17(21)12-9-18-16(20)8-15(12)23-2/h3-6,8-9,11,13H,7H2,1-2H3,(H,18,20)(H,19,21)/t11-,13+/m0/s1. The number of hydrogen-bond acceptors (Lipinski definition) is 4. The van der Waals surface area contributed by atoms with Gasteiger partial charge in [-0.15, -0.1) is 0 Å². The molecule has 1 aromatic carbocycles. The second-order valence-electron chi connectivity index (χ2n) is 5.44. The van der Waals surface area contributed by atoms with Crippen molar-refractivity contribution < 1.29 is 14.3 Å². The van der Waals surface area contributed by atoms with Crippen molar-refractivity contribution in [2.24, 2.45) is 0 Å². The van der Waals surface area contributed by atoms with E-state index in [2.05, 4.69) is 10.3 Å². The van der Waals surface area contributed by atoms with Crippen molar-refractivity contribution in [3.05, 3.63) is 58.0 Å². The zero-order valence-corrected chi connectivity index (χ0v) is 13.0. The fourth-order valence-electron chi connectivity index (χ4n) is 2.72. The number of rotatable bonds is 5. The number of ether oxygens (including phenoxy) is 2. The van der Waals surface area contributed by atoms with E-state index in [4.69, 9.17) is 9.47 Å². The van der Waals surface area contributed by atoms with E-state index >= 15 is 0 Å². The Hall–Kier alpha value is -2.76. The van der Waals surface area contributed by atoms with Gasteiger partial charge in [0.15, 0.2) is 0 Å². The number of benzene rings is 1. The smallest absolute Gasteiger partial charge is 0.256 e. The third-order valence-corrected chi connectivity index (χ3v) is 4.00. The molecule has 0 saturated heterocycles. The molecule has 0 radical (unpaired) electrons. The Bertz CT molecular complexity index is 784. The van der Waals surface area contributed by atoms with Crippen LogP contribution in [0.4, 0.5) is 0 Å². The summed E-state index contributed by atoms with van der Waals surface area (Å²) in [6, 6.07) is 9.12. The van der Waals surface area contributed by atoms with Crippen molar-refractivity contribution in [2.45, 2.75) is 18.4 Å². The van der Waals surface area contributed by atoms with Crippen LogP contribution in [-0.2, 0) is 0 Å². The molecule has 2 atom stereocenters. The van der Waals surface area contributed by atoms with Gasteiger partial charge < -0.3 is 19.8 Å². The minimum atomic E-state index is -0.309. The third kappa shape index (κ3) is 3.06. The number of amides is 1. The quantitative estimate of drug-likeness (QED) is 0.880. The highest BCUT2D eigenvalue weighted by atomic mass is 16.5. The van der Waals surface area contributed by atoms with Gasteiger partial charge in [0, 0.05) is 24.2 Å². The maximum atomic E-state index is 12.4. The van der Waals surface area contributed by atoms with Crippen molar-refractivity contribution in [3.63, 3.8) is 0 Å². The minimum Gasteiger partial charge on any atom is -0.496 e. The summed E-state index contributed by atoms with van der Waals surface area (Å²) in [6.07, 6.45) is 2.23. The van der Waals surface area contributed by atoms with Gasteiger partial charge in [-0.1, -0.05) is 18.2 Å². The number of carbonyl (C=O) groups is 1. The number of hydrogen-bond donors (Lipinski definition) is 2. The fourth-order valence-corrected chi connectivity index (χ4v) is 2.72. The molecule has 1 aliphatic carbocycles. The number of methoxy groups -OCH3 is 2. The predicted molar refractivity (Wildman–Crippen MR) is 85.2 cm³/mol. The lowest BCUT2D eigenvalue weighted by Gasteiger charge is -2.10. The fraction of sp³-hybridized carbons (Fsp3) is 0.294. The van der Waals surface area contributed by atoms with Gasteiger partial charge in [0.2, 0.25) is 0 Å². The molecule has 1 aliphatic rings. The van der Waals surface area contributed by atoms with E-state index in [1.165, 1.54) is 19.4 Å². The van der Waals surface area contributed by atoms with Crippen molar-refractivity contribution in [1.29, 1.82) is 0 Å². The first-order valence-corrected chi connectivity index (χ1v) is 7.34. The zero-order chi connectivity index (χ0) is 16.4. The lowest BCUT2D eigenvalue weighted by Crippen LogP contribution is -2.27. The van der Waals surface area contributed by atoms with Gasteiger partial charge in [-0.3, -0.25) is 9.59 Å². The maximum Gasteiger partial charge on any atom is 0.256 e. The molecule has 1 amide bonds. The van der Waals surface area contributed by atoms with Crippen LogP contribution in [0, 0.1) is 0 Å². The van der Waals surface area contributed by atoms with Gasteiger partial charge in [0.05, 0.1) is 19.8 Å². The molecule has 0 unspecified atom stereocenters. The summed E-state index contributed by atoms with van der Waals surface area (Å²) in [5.74, 6) is 1.07. The summed E-state index contributed by atoms with van der Waals surface area (Å²) in [5, 5.41) is 2.97. The number of aromatic amines is 1. The summed E-state index contributed by atoms with van der Waals surface area (Å²) in [7, 11) is 3.07. The third-order valence-electron chi connectivity index (χ3n) is 4.00. The molecule has 1 aromatic heterocycles. The molecule has 3 rings (SSSR count). The molecule has 1 saturated carbocycles. The molecule has 0 bridgehead atoms. The summed E-state index contributed by atoms with van der Waals surface area (Å²) >= 11 is 0. The molecule has 120 valence electrons. The second-order valence-corrected chi connectivity index (χ2v) is 5.44. The Morgan fingerprint density at radius 2 is 1.96 bits per heavy atom. The maximum absolute atomic E-state index is 12.4. The Kier molecular flexibility index (Phi) is 4.06. The van der Waals surface area contributed by atoms with Gasteiger partial charge >= 0.3 is 0 Å².